The van der Waals surface area contributed by atoms with Crippen LogP contribution in [0, 0.1) is 25.2 Å². The van der Waals surface area contributed by atoms with Crippen molar-refractivity contribution in [1.82, 2.24) is 5.16 Å². The van der Waals surface area contributed by atoms with E-state index in [0.717, 1.165) is 16.8 Å². The average molecular weight is 449 g/mol. The summed E-state index contributed by atoms with van der Waals surface area (Å²) in [7, 11) is 1.46. The molecule has 9 heteroatoms. The number of aromatic nitrogens is 1. The number of ether oxygens (including phenoxy) is 3. The molecule has 0 fully saturated rings. The van der Waals surface area contributed by atoms with Crippen molar-refractivity contribution >= 4 is 17.6 Å². The number of hydrogen-bond acceptors (Lipinski definition) is 8. The van der Waals surface area contributed by atoms with Gasteiger partial charge in [-0.1, -0.05) is 17.3 Å². The monoisotopic (exact) mass is 449 g/mol. The lowest BCUT2D eigenvalue weighted by atomic mass is 10.1. The number of methoxy groups -OCH3 is 1. The molecule has 0 saturated carbocycles. The summed E-state index contributed by atoms with van der Waals surface area (Å²) in [5.41, 5.74) is 3.17. The second kappa shape index (κ2) is 10.8. The van der Waals surface area contributed by atoms with Gasteiger partial charge in [-0.15, -0.1) is 0 Å². The van der Waals surface area contributed by atoms with Crippen LogP contribution in [-0.4, -0.2) is 30.7 Å². The lowest BCUT2D eigenvalue weighted by Crippen LogP contribution is -2.21. The number of esters is 1. The molecule has 1 aromatic heterocycles. The summed E-state index contributed by atoms with van der Waals surface area (Å²) in [6.45, 7) is 3.41. The minimum atomic E-state index is -0.676. The number of carbonyl (C=O) groups excluding carboxylic acids is 2. The van der Waals surface area contributed by atoms with E-state index in [1.54, 1.807) is 37.3 Å². The molecule has 0 aliphatic rings. The molecule has 0 aliphatic heterocycles. The number of aryl methyl sites for hydroxylation is 2. The molecule has 1 N–H and O–H groups in total. The topological polar surface area (TPSA) is 124 Å². The Kier molecular flexibility index (Phi) is 7.65. The van der Waals surface area contributed by atoms with Gasteiger partial charge in [-0.3, -0.25) is 4.79 Å². The highest BCUT2D eigenvalue weighted by molar-refractivity contribution is 5.95. The summed E-state index contributed by atoms with van der Waals surface area (Å²) in [5, 5.41) is 15.2. The molecule has 170 valence electrons. The van der Waals surface area contributed by atoms with Crippen molar-refractivity contribution in [3.8, 4) is 17.6 Å². The third kappa shape index (κ3) is 6.11. The highest BCUT2D eigenvalue weighted by Crippen LogP contribution is 2.29. The van der Waals surface area contributed by atoms with Gasteiger partial charge in [-0.05, 0) is 49.7 Å². The van der Waals surface area contributed by atoms with Gasteiger partial charge in [0.15, 0.2) is 18.1 Å². The second-order valence-electron chi connectivity index (χ2n) is 7.11. The molecule has 0 saturated heterocycles. The first-order valence-electron chi connectivity index (χ1n) is 10.1. The fourth-order valence-electron chi connectivity index (χ4n) is 2.98. The van der Waals surface area contributed by atoms with Crippen LogP contribution >= 0.6 is 0 Å². The minimum Gasteiger partial charge on any atom is -0.493 e. The number of carbonyl (C=O) groups is 2. The molecule has 3 aromatic rings. The van der Waals surface area contributed by atoms with Gasteiger partial charge >= 0.3 is 5.97 Å². The van der Waals surface area contributed by atoms with E-state index in [1.807, 2.05) is 6.92 Å². The maximum atomic E-state index is 12.4. The van der Waals surface area contributed by atoms with Gasteiger partial charge in [-0.2, -0.15) is 5.26 Å². The van der Waals surface area contributed by atoms with Crippen LogP contribution in [0.15, 0.2) is 47.0 Å². The Bertz CT molecular complexity index is 1160. The Morgan fingerprint density at radius 3 is 2.52 bits per heavy atom. The zero-order chi connectivity index (χ0) is 23.8. The number of nitrogens with zero attached hydrogens (tertiary/aromatic N) is 2. The van der Waals surface area contributed by atoms with Crippen LogP contribution in [-0.2, 0) is 22.6 Å². The smallest absolute Gasteiger partial charge is 0.338 e. The number of nitrogens with one attached hydrogen (secondary N) is 1. The quantitative estimate of drug-likeness (QED) is 0.490. The Balaban J connectivity index is 1.56. The van der Waals surface area contributed by atoms with Crippen LogP contribution in [0.4, 0.5) is 5.69 Å². The Morgan fingerprint density at radius 2 is 1.88 bits per heavy atom. The van der Waals surface area contributed by atoms with Gasteiger partial charge in [0.1, 0.15) is 12.4 Å². The van der Waals surface area contributed by atoms with E-state index in [-0.39, 0.29) is 12.2 Å². The summed E-state index contributed by atoms with van der Waals surface area (Å²) >= 11 is 0. The van der Waals surface area contributed by atoms with E-state index < -0.39 is 18.5 Å². The summed E-state index contributed by atoms with van der Waals surface area (Å²) in [4.78, 5) is 24.5. The lowest BCUT2D eigenvalue weighted by Gasteiger charge is -2.12. The molecule has 0 aliphatic carbocycles. The maximum absolute atomic E-state index is 12.4. The average Bonchev–Trinajstić information content (AvgIpc) is 3.14. The minimum absolute atomic E-state index is 0.213. The zero-order valence-electron chi connectivity index (χ0n) is 18.5. The van der Waals surface area contributed by atoms with E-state index in [1.165, 1.54) is 19.2 Å². The van der Waals surface area contributed by atoms with Crippen LogP contribution in [0.3, 0.4) is 0 Å². The molecular formula is C24H23N3O6. The Morgan fingerprint density at radius 1 is 1.12 bits per heavy atom. The van der Waals surface area contributed by atoms with Crippen LogP contribution in [0.1, 0.15) is 32.9 Å². The summed E-state index contributed by atoms with van der Waals surface area (Å²) in [5.74, 6) is 0.292. The van der Waals surface area contributed by atoms with Gasteiger partial charge in [-0.25, -0.2) is 4.79 Å². The first-order valence-corrected chi connectivity index (χ1v) is 10.1. The van der Waals surface area contributed by atoms with Crippen molar-refractivity contribution in [2.75, 3.05) is 19.0 Å². The number of hydrogen-bond donors (Lipinski definition) is 1. The molecule has 33 heavy (non-hydrogen) atoms. The van der Waals surface area contributed by atoms with Crippen LogP contribution in [0.5, 0.6) is 11.5 Å². The molecule has 9 nitrogen and oxygen atoms in total. The van der Waals surface area contributed by atoms with Gasteiger partial charge in [0, 0.05) is 5.69 Å². The summed E-state index contributed by atoms with van der Waals surface area (Å²) in [6, 6.07) is 13.5. The van der Waals surface area contributed by atoms with Crippen molar-refractivity contribution in [3.63, 3.8) is 0 Å². The summed E-state index contributed by atoms with van der Waals surface area (Å²) < 4.78 is 21.4. The van der Waals surface area contributed by atoms with E-state index in [2.05, 4.69) is 16.5 Å². The van der Waals surface area contributed by atoms with E-state index in [4.69, 9.17) is 24.0 Å². The van der Waals surface area contributed by atoms with Crippen LogP contribution in [0.25, 0.3) is 0 Å². The van der Waals surface area contributed by atoms with Gasteiger partial charge in [0.25, 0.3) is 5.91 Å². The van der Waals surface area contributed by atoms with Crippen molar-refractivity contribution in [3.05, 3.63) is 70.6 Å². The zero-order valence-corrected chi connectivity index (χ0v) is 18.5. The molecule has 0 unspecified atom stereocenters. The third-order valence-electron chi connectivity index (χ3n) is 4.81. The summed E-state index contributed by atoms with van der Waals surface area (Å²) in [6.07, 6.45) is 0.291. The number of benzene rings is 2. The van der Waals surface area contributed by atoms with Crippen molar-refractivity contribution in [2.24, 2.45) is 0 Å². The lowest BCUT2D eigenvalue weighted by molar-refractivity contribution is -0.119. The van der Waals surface area contributed by atoms with Crippen molar-refractivity contribution < 1.29 is 28.3 Å². The fraction of sp³-hybridized carbons (Fsp3) is 0.250. The van der Waals surface area contributed by atoms with E-state index >= 15 is 0 Å². The number of anilines is 1. The largest absolute Gasteiger partial charge is 0.493 e. The predicted molar refractivity (Wildman–Crippen MR) is 118 cm³/mol. The standard InChI is InChI=1S/C24H23N3O6/c1-15-20(16(2)33-27-15)13-31-21-9-6-18(12-22(21)30-3)24(29)32-14-23(28)26-19-7-4-17(5-8-19)10-11-25/h4-9,12H,10,13-14H2,1-3H3,(H,26,28). The molecule has 0 spiro atoms. The molecule has 0 atom stereocenters. The van der Waals surface area contributed by atoms with E-state index in [0.29, 0.717) is 29.4 Å². The SMILES string of the molecule is COc1cc(C(=O)OCC(=O)Nc2ccc(CC#N)cc2)ccc1OCc1c(C)noc1C. The van der Waals surface area contributed by atoms with Crippen LogP contribution < -0.4 is 14.8 Å². The van der Waals surface area contributed by atoms with Gasteiger partial charge in [0.05, 0.1) is 36.4 Å². The Labute approximate surface area is 190 Å². The predicted octanol–water partition coefficient (Wildman–Crippen LogP) is 3.74. The highest BCUT2D eigenvalue weighted by Gasteiger charge is 2.16. The third-order valence-corrected chi connectivity index (χ3v) is 4.81. The molecule has 1 amide bonds. The molecule has 3 rings (SSSR count). The second-order valence-corrected chi connectivity index (χ2v) is 7.11. The Hall–Kier alpha value is -4.32. The molecule has 0 radical (unpaired) electrons. The molecular weight excluding hydrogens is 426 g/mol. The molecule has 2 aromatic carbocycles. The van der Waals surface area contributed by atoms with Crippen molar-refractivity contribution in [2.45, 2.75) is 26.9 Å². The van der Waals surface area contributed by atoms with Crippen LogP contribution in [0.2, 0.25) is 0 Å². The number of amides is 1. The number of rotatable bonds is 9. The first kappa shape index (κ1) is 23.3. The maximum Gasteiger partial charge on any atom is 0.338 e. The molecule has 1 heterocycles. The van der Waals surface area contributed by atoms with Gasteiger partial charge in [0.2, 0.25) is 0 Å². The van der Waals surface area contributed by atoms with Crippen molar-refractivity contribution in [1.29, 1.82) is 5.26 Å². The van der Waals surface area contributed by atoms with E-state index in [9.17, 15) is 9.59 Å². The fourth-order valence-corrected chi connectivity index (χ4v) is 2.98. The first-order chi connectivity index (χ1) is 15.9. The molecule has 0 bridgehead atoms. The highest BCUT2D eigenvalue weighted by atomic mass is 16.5. The van der Waals surface area contributed by atoms with Gasteiger partial charge < -0.3 is 24.1 Å². The normalized spacial score (nSPS) is 10.2. The number of nitriles is 1.